The molecule has 4 nitrogen and oxygen atoms in total. The minimum absolute atomic E-state index is 0.186. The van der Waals surface area contributed by atoms with E-state index in [1.165, 1.54) is 0 Å². The Morgan fingerprint density at radius 3 is 2.44 bits per heavy atom. The molecule has 0 fully saturated rings. The van der Waals surface area contributed by atoms with Gasteiger partial charge in [-0.15, -0.1) is 11.6 Å². The highest BCUT2D eigenvalue weighted by molar-refractivity contribution is 6.27. The lowest BCUT2D eigenvalue weighted by Crippen LogP contribution is -2.49. The summed E-state index contributed by atoms with van der Waals surface area (Å²) in [4.78, 5) is 21.8. The molecule has 1 rings (SSSR count). The molecule has 0 radical (unpaired) electrons. The van der Waals surface area contributed by atoms with Crippen LogP contribution in [0.1, 0.15) is 5.56 Å². The van der Waals surface area contributed by atoms with Crippen molar-refractivity contribution in [1.29, 1.82) is 0 Å². The second-order valence-electron chi connectivity index (χ2n) is 3.26. The first-order chi connectivity index (χ1) is 7.63. The van der Waals surface area contributed by atoms with Gasteiger partial charge in [-0.2, -0.15) is 0 Å². The van der Waals surface area contributed by atoms with Crippen molar-refractivity contribution in [2.24, 2.45) is 0 Å². The Morgan fingerprint density at radius 1 is 1.31 bits per heavy atom. The molecule has 1 aromatic rings. The number of halogens is 1. The zero-order valence-electron chi connectivity index (χ0n) is 8.48. The highest BCUT2D eigenvalue weighted by Gasteiger charge is 2.13. The average Bonchev–Trinajstić information content (AvgIpc) is 2.29. The molecular formula is C11H11ClNO3-. The Bertz CT molecular complexity index is 367. The van der Waals surface area contributed by atoms with Crippen LogP contribution >= 0.6 is 11.6 Å². The van der Waals surface area contributed by atoms with Crippen molar-refractivity contribution in [2.75, 3.05) is 5.88 Å². The summed E-state index contributed by atoms with van der Waals surface area (Å²) in [6.07, 6.45) is 0.186. The molecule has 0 saturated carbocycles. The zero-order chi connectivity index (χ0) is 12.0. The van der Waals surface area contributed by atoms with Crippen LogP contribution in [-0.4, -0.2) is 23.8 Å². The van der Waals surface area contributed by atoms with Crippen molar-refractivity contribution in [3.05, 3.63) is 35.9 Å². The predicted octanol–water partition coefficient (Wildman–Crippen LogP) is -0.297. The number of carboxylic acid groups (broad SMARTS) is 1. The van der Waals surface area contributed by atoms with Crippen LogP contribution in [0.3, 0.4) is 0 Å². The van der Waals surface area contributed by atoms with E-state index < -0.39 is 17.9 Å². The molecule has 0 aliphatic rings. The number of amides is 1. The number of nitrogens with one attached hydrogen (secondary N) is 1. The van der Waals surface area contributed by atoms with Crippen LogP contribution in [0.25, 0.3) is 0 Å². The second kappa shape index (κ2) is 6.12. The van der Waals surface area contributed by atoms with Crippen molar-refractivity contribution >= 4 is 23.5 Å². The number of carboxylic acids is 1. The Morgan fingerprint density at radius 2 is 1.94 bits per heavy atom. The van der Waals surface area contributed by atoms with E-state index in [1.807, 2.05) is 6.07 Å². The lowest BCUT2D eigenvalue weighted by Gasteiger charge is -2.19. The van der Waals surface area contributed by atoms with Crippen molar-refractivity contribution in [1.82, 2.24) is 5.32 Å². The SMILES string of the molecule is O=C(CCl)N[C@@H](Cc1ccccc1)C(=O)[O-]. The topological polar surface area (TPSA) is 69.2 Å². The van der Waals surface area contributed by atoms with Gasteiger partial charge >= 0.3 is 0 Å². The Labute approximate surface area is 98.2 Å². The highest BCUT2D eigenvalue weighted by Crippen LogP contribution is 2.02. The van der Waals surface area contributed by atoms with Crippen molar-refractivity contribution < 1.29 is 14.7 Å². The summed E-state index contributed by atoms with van der Waals surface area (Å²) in [6, 6.07) is 7.94. The lowest BCUT2D eigenvalue weighted by atomic mass is 10.1. The second-order valence-corrected chi connectivity index (χ2v) is 3.53. The van der Waals surface area contributed by atoms with Gasteiger partial charge in [-0.1, -0.05) is 30.3 Å². The fraction of sp³-hybridized carbons (Fsp3) is 0.273. The number of rotatable bonds is 5. The molecule has 1 amide bonds. The van der Waals surface area contributed by atoms with Gasteiger partial charge in [0.2, 0.25) is 5.91 Å². The van der Waals surface area contributed by atoms with E-state index >= 15 is 0 Å². The number of benzene rings is 1. The van der Waals surface area contributed by atoms with Crippen LogP contribution in [0.5, 0.6) is 0 Å². The van der Waals surface area contributed by atoms with Gasteiger partial charge in [-0.3, -0.25) is 4.79 Å². The van der Waals surface area contributed by atoms with E-state index in [0.717, 1.165) is 5.56 Å². The molecule has 86 valence electrons. The van der Waals surface area contributed by atoms with E-state index in [4.69, 9.17) is 11.6 Å². The van der Waals surface area contributed by atoms with E-state index in [9.17, 15) is 14.7 Å². The van der Waals surface area contributed by atoms with Gasteiger partial charge in [-0.25, -0.2) is 0 Å². The average molecular weight is 241 g/mol. The van der Waals surface area contributed by atoms with Crippen LogP contribution < -0.4 is 10.4 Å². The van der Waals surface area contributed by atoms with Crippen molar-refractivity contribution in [3.63, 3.8) is 0 Å². The monoisotopic (exact) mass is 240 g/mol. The first-order valence-corrected chi connectivity index (χ1v) is 5.27. The highest BCUT2D eigenvalue weighted by atomic mass is 35.5. The Balaban J connectivity index is 2.65. The number of aliphatic carboxylic acids is 1. The van der Waals surface area contributed by atoms with Gasteiger partial charge in [0.25, 0.3) is 0 Å². The molecular weight excluding hydrogens is 230 g/mol. The smallest absolute Gasteiger partial charge is 0.235 e. The maximum atomic E-state index is 11.0. The number of carbonyl (C=O) groups excluding carboxylic acids is 2. The lowest BCUT2D eigenvalue weighted by molar-refractivity contribution is -0.308. The predicted molar refractivity (Wildman–Crippen MR) is 57.8 cm³/mol. The first kappa shape index (κ1) is 12.5. The summed E-state index contributed by atoms with van der Waals surface area (Å²) in [5, 5.41) is 13.1. The molecule has 0 heterocycles. The molecule has 1 N–H and O–H groups in total. The molecule has 5 heteroatoms. The molecule has 1 aromatic carbocycles. The van der Waals surface area contributed by atoms with Crippen LogP contribution in [0.4, 0.5) is 0 Å². The quantitative estimate of drug-likeness (QED) is 0.719. The van der Waals surface area contributed by atoms with Gasteiger partial charge in [0.05, 0.1) is 12.0 Å². The minimum Gasteiger partial charge on any atom is -0.548 e. The minimum atomic E-state index is -1.32. The standard InChI is InChI=1S/C11H12ClNO3/c12-7-10(14)13-9(11(15)16)6-8-4-2-1-3-5-8/h1-5,9H,6-7H2,(H,13,14)(H,15,16)/p-1/t9-/m0/s1. The van der Waals surface area contributed by atoms with Crippen LogP contribution in [0.2, 0.25) is 0 Å². The van der Waals surface area contributed by atoms with Crippen LogP contribution in [0, 0.1) is 0 Å². The summed E-state index contributed by atoms with van der Waals surface area (Å²) in [7, 11) is 0. The fourth-order valence-corrected chi connectivity index (χ4v) is 1.35. The number of hydrogen-bond donors (Lipinski definition) is 1. The molecule has 0 aliphatic heterocycles. The number of carbonyl (C=O) groups is 2. The molecule has 0 aliphatic carbocycles. The fourth-order valence-electron chi connectivity index (χ4n) is 1.28. The molecule has 1 atom stereocenters. The molecule has 0 unspecified atom stereocenters. The van der Waals surface area contributed by atoms with E-state index in [-0.39, 0.29) is 12.3 Å². The van der Waals surface area contributed by atoms with E-state index in [0.29, 0.717) is 0 Å². The largest absolute Gasteiger partial charge is 0.548 e. The number of hydrogen-bond acceptors (Lipinski definition) is 3. The maximum absolute atomic E-state index is 11.0. The number of alkyl halides is 1. The van der Waals surface area contributed by atoms with Crippen LogP contribution in [0.15, 0.2) is 30.3 Å². The van der Waals surface area contributed by atoms with Gasteiger partial charge in [0, 0.05) is 0 Å². The van der Waals surface area contributed by atoms with Gasteiger partial charge in [0.15, 0.2) is 0 Å². The molecule has 0 spiro atoms. The van der Waals surface area contributed by atoms with Gasteiger partial charge in [-0.05, 0) is 12.0 Å². The zero-order valence-corrected chi connectivity index (χ0v) is 9.24. The molecule has 0 saturated heterocycles. The molecule has 16 heavy (non-hydrogen) atoms. The Kier molecular flexibility index (Phi) is 4.79. The van der Waals surface area contributed by atoms with Gasteiger partial charge < -0.3 is 15.2 Å². The van der Waals surface area contributed by atoms with E-state index in [1.54, 1.807) is 24.3 Å². The van der Waals surface area contributed by atoms with Gasteiger partial charge in [0.1, 0.15) is 5.88 Å². The van der Waals surface area contributed by atoms with Crippen LogP contribution in [-0.2, 0) is 16.0 Å². The molecule has 0 aromatic heterocycles. The third-order valence-electron chi connectivity index (χ3n) is 2.02. The van der Waals surface area contributed by atoms with E-state index in [2.05, 4.69) is 5.32 Å². The molecule has 0 bridgehead atoms. The van der Waals surface area contributed by atoms with Crippen molar-refractivity contribution in [2.45, 2.75) is 12.5 Å². The summed E-state index contributed by atoms with van der Waals surface area (Å²) >= 11 is 5.28. The maximum Gasteiger partial charge on any atom is 0.235 e. The third kappa shape index (κ3) is 3.90. The Hall–Kier alpha value is -1.55. The normalized spacial score (nSPS) is 11.8. The summed E-state index contributed by atoms with van der Waals surface area (Å²) in [5.41, 5.74) is 0.812. The first-order valence-electron chi connectivity index (χ1n) is 4.73. The summed E-state index contributed by atoms with van der Waals surface area (Å²) in [5.74, 6) is -2.10. The summed E-state index contributed by atoms with van der Waals surface area (Å²) < 4.78 is 0. The third-order valence-corrected chi connectivity index (χ3v) is 2.27. The van der Waals surface area contributed by atoms with Crippen molar-refractivity contribution in [3.8, 4) is 0 Å². The summed E-state index contributed by atoms with van der Waals surface area (Å²) in [6.45, 7) is 0.